The van der Waals surface area contributed by atoms with Gasteiger partial charge in [-0.2, -0.15) is 0 Å². The summed E-state index contributed by atoms with van der Waals surface area (Å²) in [5.41, 5.74) is 7.84. The molecule has 28 heavy (non-hydrogen) atoms. The van der Waals surface area contributed by atoms with E-state index in [1.54, 1.807) is 11.3 Å². The van der Waals surface area contributed by atoms with Crippen molar-refractivity contribution in [3.8, 4) is 0 Å². The number of carbonyl (C=O) groups excluding carboxylic acids is 2. The fraction of sp³-hybridized carbons (Fsp3) is 0.455. The van der Waals surface area contributed by atoms with Gasteiger partial charge in [0.05, 0.1) is 12.0 Å². The molecule has 1 aromatic carbocycles. The largest absolute Gasteiger partial charge is 0.342 e. The second-order valence-electron chi connectivity index (χ2n) is 7.88. The second-order valence-corrected chi connectivity index (χ2v) is 8.86. The van der Waals surface area contributed by atoms with Crippen molar-refractivity contribution in [1.82, 2.24) is 4.90 Å². The Labute approximate surface area is 170 Å². The van der Waals surface area contributed by atoms with E-state index in [4.69, 9.17) is 5.73 Å². The molecule has 6 heteroatoms. The van der Waals surface area contributed by atoms with Gasteiger partial charge in [-0.25, -0.2) is 0 Å². The first-order valence-corrected chi connectivity index (χ1v) is 10.9. The summed E-state index contributed by atoms with van der Waals surface area (Å²) in [6, 6.07) is 11.8. The molecule has 3 heterocycles. The highest BCUT2D eigenvalue weighted by Crippen LogP contribution is 2.42. The average molecular weight is 398 g/mol. The van der Waals surface area contributed by atoms with Crippen molar-refractivity contribution in [3.05, 3.63) is 52.2 Å². The summed E-state index contributed by atoms with van der Waals surface area (Å²) in [6.07, 6.45) is 1.98. The normalized spacial score (nSPS) is 25.4. The zero-order chi connectivity index (χ0) is 19.7. The molecule has 0 bridgehead atoms. The van der Waals surface area contributed by atoms with Crippen LogP contribution in [0.3, 0.4) is 0 Å². The molecule has 5 nitrogen and oxygen atoms in total. The minimum Gasteiger partial charge on any atom is -0.342 e. The van der Waals surface area contributed by atoms with Crippen molar-refractivity contribution >= 4 is 28.8 Å². The maximum absolute atomic E-state index is 13.5. The van der Waals surface area contributed by atoms with Gasteiger partial charge in [-0.1, -0.05) is 23.8 Å². The number of hydrogen-bond acceptors (Lipinski definition) is 4. The summed E-state index contributed by atoms with van der Waals surface area (Å²) in [5, 5.41) is 2.02. The van der Waals surface area contributed by atoms with Crippen LogP contribution in [0, 0.1) is 18.8 Å². The van der Waals surface area contributed by atoms with E-state index >= 15 is 0 Å². The van der Waals surface area contributed by atoms with Crippen LogP contribution >= 0.6 is 11.3 Å². The Kier molecular flexibility index (Phi) is 5.51. The number of anilines is 1. The van der Waals surface area contributed by atoms with Gasteiger partial charge in [0.25, 0.3) is 0 Å². The summed E-state index contributed by atoms with van der Waals surface area (Å²) in [7, 11) is 0. The molecule has 3 unspecified atom stereocenters. The number of rotatable bonds is 4. The van der Waals surface area contributed by atoms with Crippen LogP contribution in [0.2, 0.25) is 0 Å². The average Bonchev–Trinajstić information content (AvgIpc) is 3.40. The molecule has 2 N–H and O–H groups in total. The minimum absolute atomic E-state index is 0.0903. The van der Waals surface area contributed by atoms with Crippen LogP contribution in [0.1, 0.15) is 35.7 Å². The molecule has 0 aliphatic carbocycles. The molecule has 148 valence electrons. The molecule has 0 spiro atoms. The molecule has 2 aliphatic rings. The Morgan fingerprint density at radius 2 is 2.00 bits per heavy atom. The van der Waals surface area contributed by atoms with Gasteiger partial charge in [0, 0.05) is 30.1 Å². The lowest BCUT2D eigenvalue weighted by Gasteiger charge is -2.41. The smallest absolute Gasteiger partial charge is 0.228 e. The predicted octanol–water partition coefficient (Wildman–Crippen LogP) is 3.35. The Hall–Kier alpha value is -2.18. The summed E-state index contributed by atoms with van der Waals surface area (Å²) in [4.78, 5) is 31.3. The minimum atomic E-state index is -0.242. The van der Waals surface area contributed by atoms with E-state index in [0.29, 0.717) is 25.3 Å². The van der Waals surface area contributed by atoms with Gasteiger partial charge in [-0.05, 0) is 55.8 Å². The van der Waals surface area contributed by atoms with Crippen LogP contribution in [0.4, 0.5) is 5.69 Å². The third kappa shape index (κ3) is 3.59. The first-order valence-electron chi connectivity index (χ1n) is 9.99. The van der Waals surface area contributed by atoms with Gasteiger partial charge in [0.1, 0.15) is 0 Å². The predicted molar refractivity (Wildman–Crippen MR) is 112 cm³/mol. The molecule has 2 aromatic rings. The zero-order valence-electron chi connectivity index (χ0n) is 16.2. The van der Waals surface area contributed by atoms with Gasteiger partial charge in [-0.3, -0.25) is 9.59 Å². The van der Waals surface area contributed by atoms with Gasteiger partial charge < -0.3 is 15.5 Å². The van der Waals surface area contributed by atoms with Gasteiger partial charge in [0.15, 0.2) is 0 Å². The van der Waals surface area contributed by atoms with Crippen molar-refractivity contribution in [2.75, 3.05) is 24.5 Å². The Morgan fingerprint density at radius 3 is 2.64 bits per heavy atom. The Morgan fingerprint density at radius 1 is 1.21 bits per heavy atom. The summed E-state index contributed by atoms with van der Waals surface area (Å²) >= 11 is 1.62. The quantitative estimate of drug-likeness (QED) is 0.860. The number of amides is 2. The molecule has 1 aromatic heterocycles. The molecular formula is C22H27N3O2S. The van der Waals surface area contributed by atoms with E-state index in [-0.39, 0.29) is 23.8 Å². The fourth-order valence-electron chi connectivity index (χ4n) is 4.41. The van der Waals surface area contributed by atoms with Gasteiger partial charge in [0.2, 0.25) is 11.8 Å². The summed E-state index contributed by atoms with van der Waals surface area (Å²) < 4.78 is 0. The lowest BCUT2D eigenvalue weighted by Crippen LogP contribution is -2.48. The topological polar surface area (TPSA) is 66.6 Å². The molecule has 2 aliphatic heterocycles. The van der Waals surface area contributed by atoms with Crippen molar-refractivity contribution in [2.45, 2.75) is 32.2 Å². The number of benzene rings is 1. The number of nitrogens with two attached hydrogens (primary N) is 1. The molecule has 3 atom stereocenters. The number of thiophene rings is 1. The van der Waals surface area contributed by atoms with Crippen molar-refractivity contribution < 1.29 is 9.59 Å². The first kappa shape index (κ1) is 19.2. The Balaban J connectivity index is 1.68. The first-order chi connectivity index (χ1) is 13.6. The SMILES string of the molecule is Cc1ccc(N2C(=O)CCC(C(=O)N3CCC(CN)C3)C2c2cccs2)cc1. The van der Waals surface area contributed by atoms with E-state index in [1.807, 2.05) is 58.5 Å². The Bertz CT molecular complexity index is 834. The maximum Gasteiger partial charge on any atom is 0.228 e. The molecule has 2 fully saturated rings. The monoisotopic (exact) mass is 397 g/mol. The van der Waals surface area contributed by atoms with Crippen LogP contribution < -0.4 is 10.6 Å². The number of aryl methyl sites for hydroxylation is 1. The number of carbonyl (C=O) groups is 2. The third-order valence-electron chi connectivity index (χ3n) is 5.99. The summed E-state index contributed by atoms with van der Waals surface area (Å²) in [6.45, 7) is 4.16. The molecule has 2 amide bonds. The standard InChI is InChI=1S/C22H27N3O2S/c1-15-4-6-17(7-5-15)25-20(26)9-8-18(21(25)19-3-2-12-28-19)22(27)24-11-10-16(13-23)14-24/h2-7,12,16,18,21H,8-11,13-14,23H2,1H3. The van der Waals surface area contributed by atoms with Crippen LogP contribution in [0.15, 0.2) is 41.8 Å². The van der Waals surface area contributed by atoms with Crippen molar-refractivity contribution in [2.24, 2.45) is 17.6 Å². The number of likely N-dealkylation sites (tertiary alicyclic amines) is 1. The van der Waals surface area contributed by atoms with Crippen molar-refractivity contribution in [1.29, 1.82) is 0 Å². The molecule has 0 radical (unpaired) electrons. The molecule has 4 rings (SSSR count). The number of nitrogens with zero attached hydrogens (tertiary/aromatic N) is 2. The van der Waals surface area contributed by atoms with Gasteiger partial charge >= 0.3 is 0 Å². The van der Waals surface area contributed by atoms with Crippen LogP contribution in [-0.4, -0.2) is 36.3 Å². The van der Waals surface area contributed by atoms with E-state index in [2.05, 4.69) is 0 Å². The van der Waals surface area contributed by atoms with Crippen LogP contribution in [-0.2, 0) is 9.59 Å². The number of hydrogen-bond donors (Lipinski definition) is 1. The fourth-order valence-corrected chi connectivity index (χ4v) is 5.29. The molecule has 0 saturated carbocycles. The second kappa shape index (κ2) is 8.05. The highest BCUT2D eigenvalue weighted by molar-refractivity contribution is 7.10. The maximum atomic E-state index is 13.5. The summed E-state index contributed by atoms with van der Waals surface area (Å²) in [5.74, 6) is 0.434. The zero-order valence-corrected chi connectivity index (χ0v) is 17.0. The van der Waals surface area contributed by atoms with Crippen LogP contribution in [0.5, 0.6) is 0 Å². The highest BCUT2D eigenvalue weighted by Gasteiger charge is 2.44. The van der Waals surface area contributed by atoms with E-state index in [1.165, 1.54) is 0 Å². The van der Waals surface area contributed by atoms with E-state index in [0.717, 1.165) is 35.6 Å². The third-order valence-corrected chi connectivity index (χ3v) is 6.94. The molecular weight excluding hydrogens is 370 g/mol. The highest BCUT2D eigenvalue weighted by atomic mass is 32.1. The molecule has 2 saturated heterocycles. The van der Waals surface area contributed by atoms with E-state index < -0.39 is 0 Å². The lowest BCUT2D eigenvalue weighted by molar-refractivity contribution is -0.137. The van der Waals surface area contributed by atoms with Gasteiger partial charge in [-0.15, -0.1) is 11.3 Å². The van der Waals surface area contributed by atoms with Crippen LogP contribution in [0.25, 0.3) is 0 Å². The number of piperidine rings is 1. The van der Waals surface area contributed by atoms with E-state index in [9.17, 15) is 9.59 Å². The van der Waals surface area contributed by atoms with Crippen molar-refractivity contribution in [3.63, 3.8) is 0 Å². The lowest BCUT2D eigenvalue weighted by atomic mass is 9.86.